The number of anilines is 1. The molecule has 1 aromatic rings. The molecule has 0 saturated carbocycles. The van der Waals surface area contributed by atoms with E-state index in [0.717, 1.165) is 18.7 Å². The zero-order valence-electron chi connectivity index (χ0n) is 8.22. The number of rotatable bonds is 1. The Bertz CT molecular complexity index is 325. The Labute approximate surface area is 83.1 Å². The maximum atomic E-state index is 13.2. The maximum absolute atomic E-state index is 13.2. The van der Waals surface area contributed by atoms with Crippen molar-refractivity contribution in [2.45, 2.75) is 19.5 Å². The minimum absolute atomic E-state index is 0.636. The quantitative estimate of drug-likeness (QED) is 0.744. The van der Waals surface area contributed by atoms with Crippen LogP contribution in [0.15, 0.2) is 18.2 Å². The Hall–Kier alpha value is -1.25. The van der Waals surface area contributed by atoms with Crippen molar-refractivity contribution in [1.82, 2.24) is 0 Å². The van der Waals surface area contributed by atoms with Crippen LogP contribution in [0.2, 0.25) is 0 Å². The predicted molar refractivity (Wildman–Crippen MR) is 54.6 cm³/mol. The molecule has 0 aliphatic carbocycles. The molecule has 1 atom stereocenters. The molecule has 3 heteroatoms. The van der Waals surface area contributed by atoms with Crippen LogP contribution in [0.1, 0.15) is 25.1 Å². The molecule has 0 bridgehead atoms. The number of hydrogen-bond acceptors (Lipinski definition) is 2. The molecule has 1 N–H and O–H groups in total. The summed E-state index contributed by atoms with van der Waals surface area (Å²) < 4.78 is 18.8. The van der Waals surface area contributed by atoms with Crippen molar-refractivity contribution >= 4 is 5.69 Å². The summed E-state index contributed by atoms with van der Waals surface area (Å²) in [5.74, 6) is 0.681. The second-order valence-corrected chi connectivity index (χ2v) is 3.47. The van der Waals surface area contributed by atoms with E-state index in [1.54, 1.807) is 6.07 Å². The first-order valence-electron chi connectivity index (χ1n) is 4.92. The van der Waals surface area contributed by atoms with Crippen LogP contribution in [0.4, 0.5) is 10.1 Å². The van der Waals surface area contributed by atoms with E-state index in [0.29, 0.717) is 17.9 Å². The average Bonchev–Trinajstić information content (AvgIpc) is 2.41. The van der Waals surface area contributed by atoms with E-state index in [4.69, 9.17) is 4.74 Å². The summed E-state index contributed by atoms with van der Waals surface area (Å²) in [6.07, 6.45) is -0.0285. The lowest BCUT2D eigenvalue weighted by atomic mass is 10.1. The van der Waals surface area contributed by atoms with Gasteiger partial charge >= 0.3 is 0 Å². The van der Waals surface area contributed by atoms with Gasteiger partial charge in [-0.2, -0.15) is 0 Å². The molecule has 1 aliphatic heterocycles. The van der Waals surface area contributed by atoms with Crippen LogP contribution >= 0.6 is 0 Å². The van der Waals surface area contributed by atoms with Gasteiger partial charge in [-0.3, -0.25) is 0 Å². The first kappa shape index (κ1) is 9.31. The fraction of sp³-hybridized carbons (Fsp3) is 0.455. The van der Waals surface area contributed by atoms with Gasteiger partial charge in [0, 0.05) is 12.1 Å². The highest BCUT2D eigenvalue weighted by molar-refractivity contribution is 5.61. The molecule has 0 radical (unpaired) electrons. The van der Waals surface area contributed by atoms with Gasteiger partial charge < -0.3 is 10.1 Å². The predicted octanol–water partition coefficient (Wildman–Crippen LogP) is 2.91. The molecule has 0 fully saturated rings. The van der Waals surface area contributed by atoms with E-state index < -0.39 is 6.17 Å². The second kappa shape index (κ2) is 3.86. The van der Waals surface area contributed by atoms with E-state index in [9.17, 15) is 4.39 Å². The lowest BCUT2D eigenvalue weighted by molar-refractivity contribution is 0.302. The molecule has 14 heavy (non-hydrogen) atoms. The third-order valence-electron chi connectivity index (χ3n) is 2.36. The molecule has 76 valence electrons. The Balaban J connectivity index is 2.42. The monoisotopic (exact) mass is 195 g/mol. The summed E-state index contributed by atoms with van der Waals surface area (Å²) in [7, 11) is 0. The summed E-state index contributed by atoms with van der Waals surface area (Å²) in [5.41, 5.74) is 1.54. The Morgan fingerprint density at radius 3 is 3.14 bits per heavy atom. The molecular weight excluding hydrogens is 181 g/mol. The number of alkyl halides is 1. The van der Waals surface area contributed by atoms with E-state index in [-0.39, 0.29) is 0 Å². The normalized spacial score (nSPS) is 17.3. The van der Waals surface area contributed by atoms with E-state index in [2.05, 4.69) is 5.32 Å². The topological polar surface area (TPSA) is 21.3 Å². The number of hydrogen-bond donors (Lipinski definition) is 1. The molecular formula is C11H14FNO. The first-order chi connectivity index (χ1) is 6.79. The number of ether oxygens (including phenoxy) is 1. The summed E-state index contributed by atoms with van der Waals surface area (Å²) >= 11 is 0. The van der Waals surface area contributed by atoms with Crippen molar-refractivity contribution < 1.29 is 9.13 Å². The minimum atomic E-state index is -0.982. The van der Waals surface area contributed by atoms with Crippen LogP contribution in [-0.2, 0) is 0 Å². The van der Waals surface area contributed by atoms with Crippen molar-refractivity contribution in [3.63, 3.8) is 0 Å². The SMILES string of the molecule is CC(F)c1cccc2c1OCCCN2. The third-order valence-corrected chi connectivity index (χ3v) is 2.36. The standard InChI is InChI=1S/C11H14FNO/c1-8(12)9-4-2-5-10-11(9)14-7-3-6-13-10/h2,4-5,8,13H,3,6-7H2,1H3. The third kappa shape index (κ3) is 1.67. The summed E-state index contributed by atoms with van der Waals surface area (Å²) in [6.45, 7) is 3.07. The summed E-state index contributed by atoms with van der Waals surface area (Å²) in [5, 5.41) is 3.23. The molecule has 1 heterocycles. The van der Waals surface area contributed by atoms with Crippen molar-refractivity contribution in [3.05, 3.63) is 23.8 Å². The Morgan fingerprint density at radius 1 is 1.50 bits per heavy atom. The smallest absolute Gasteiger partial charge is 0.148 e. The number of nitrogens with one attached hydrogen (secondary N) is 1. The van der Waals surface area contributed by atoms with Gasteiger partial charge in [-0.05, 0) is 19.4 Å². The van der Waals surface area contributed by atoms with Crippen molar-refractivity contribution in [2.24, 2.45) is 0 Å². The Morgan fingerprint density at radius 2 is 2.36 bits per heavy atom. The average molecular weight is 195 g/mol. The summed E-state index contributed by atoms with van der Waals surface area (Å²) in [4.78, 5) is 0. The van der Waals surface area contributed by atoms with Gasteiger partial charge in [0.2, 0.25) is 0 Å². The Kier molecular flexibility index (Phi) is 2.57. The summed E-state index contributed by atoms with van der Waals surface area (Å²) in [6, 6.07) is 5.55. The van der Waals surface area contributed by atoms with Gasteiger partial charge in [0.15, 0.2) is 0 Å². The zero-order valence-corrected chi connectivity index (χ0v) is 8.22. The van der Waals surface area contributed by atoms with Gasteiger partial charge in [-0.15, -0.1) is 0 Å². The number of benzene rings is 1. The van der Waals surface area contributed by atoms with Gasteiger partial charge in [-0.25, -0.2) is 4.39 Å². The highest BCUT2D eigenvalue weighted by Gasteiger charge is 2.16. The van der Waals surface area contributed by atoms with E-state index in [1.807, 2.05) is 12.1 Å². The molecule has 1 aliphatic rings. The van der Waals surface area contributed by atoms with Crippen LogP contribution in [0, 0.1) is 0 Å². The largest absolute Gasteiger partial charge is 0.491 e. The lowest BCUT2D eigenvalue weighted by Crippen LogP contribution is -1.99. The van der Waals surface area contributed by atoms with Crippen LogP contribution in [0.25, 0.3) is 0 Å². The molecule has 2 rings (SSSR count). The van der Waals surface area contributed by atoms with Gasteiger partial charge in [-0.1, -0.05) is 12.1 Å². The molecule has 1 unspecified atom stereocenters. The fourth-order valence-electron chi connectivity index (χ4n) is 1.64. The number of halogens is 1. The van der Waals surface area contributed by atoms with Crippen LogP contribution in [0.3, 0.4) is 0 Å². The van der Waals surface area contributed by atoms with Crippen LogP contribution < -0.4 is 10.1 Å². The first-order valence-corrected chi connectivity index (χ1v) is 4.92. The lowest BCUT2D eigenvalue weighted by Gasteiger charge is -2.13. The van der Waals surface area contributed by atoms with E-state index in [1.165, 1.54) is 6.92 Å². The van der Waals surface area contributed by atoms with E-state index >= 15 is 0 Å². The van der Waals surface area contributed by atoms with Crippen LogP contribution in [-0.4, -0.2) is 13.2 Å². The number of para-hydroxylation sites is 1. The van der Waals surface area contributed by atoms with Gasteiger partial charge in [0.25, 0.3) is 0 Å². The van der Waals surface area contributed by atoms with Gasteiger partial charge in [0.1, 0.15) is 11.9 Å². The van der Waals surface area contributed by atoms with Crippen molar-refractivity contribution in [1.29, 1.82) is 0 Å². The maximum Gasteiger partial charge on any atom is 0.148 e. The van der Waals surface area contributed by atoms with Crippen LogP contribution in [0.5, 0.6) is 5.75 Å². The second-order valence-electron chi connectivity index (χ2n) is 3.47. The van der Waals surface area contributed by atoms with Crippen molar-refractivity contribution in [2.75, 3.05) is 18.5 Å². The molecule has 0 aromatic heterocycles. The molecule has 0 spiro atoms. The minimum Gasteiger partial charge on any atom is -0.491 e. The fourth-order valence-corrected chi connectivity index (χ4v) is 1.64. The zero-order chi connectivity index (χ0) is 9.97. The molecule has 0 saturated heterocycles. The molecule has 1 aromatic carbocycles. The van der Waals surface area contributed by atoms with Gasteiger partial charge in [0.05, 0.1) is 12.3 Å². The highest BCUT2D eigenvalue weighted by Crippen LogP contribution is 2.35. The molecule has 0 amide bonds. The highest BCUT2D eigenvalue weighted by atomic mass is 19.1. The number of fused-ring (bicyclic) bond motifs is 1. The molecule has 2 nitrogen and oxygen atoms in total. The van der Waals surface area contributed by atoms with Crippen molar-refractivity contribution in [3.8, 4) is 5.75 Å².